The summed E-state index contributed by atoms with van der Waals surface area (Å²) in [7, 11) is 0. The van der Waals surface area contributed by atoms with E-state index in [-0.39, 0.29) is 11.9 Å². The van der Waals surface area contributed by atoms with Crippen LogP contribution in [0, 0.1) is 6.92 Å². The predicted octanol–water partition coefficient (Wildman–Crippen LogP) is 3.56. The highest BCUT2D eigenvalue weighted by molar-refractivity contribution is 5.91. The Hall–Kier alpha value is -2.63. The molecule has 1 fully saturated rings. The van der Waals surface area contributed by atoms with E-state index in [0.717, 1.165) is 49.4 Å². The molecule has 5 nitrogen and oxygen atoms in total. The normalized spacial score (nSPS) is 17.9. The molecule has 2 aromatic carbocycles. The van der Waals surface area contributed by atoms with Gasteiger partial charge in [-0.1, -0.05) is 29.8 Å². The van der Waals surface area contributed by atoms with Crippen LogP contribution in [0.2, 0.25) is 0 Å². The molecule has 1 aliphatic heterocycles. The van der Waals surface area contributed by atoms with Gasteiger partial charge in [-0.2, -0.15) is 0 Å². The highest BCUT2D eigenvalue weighted by atomic mass is 16.5. The number of nitrogens with zero attached hydrogens (tertiary/aromatic N) is 2. The number of ether oxygens (including phenoxy) is 1. The standard InChI is InChI=1S/C22H25N3O2/c1-16-2-4-17(5-3-16)14-25-10-11-27-19(15-25)13-24-21-8-9-23-22-12-18(26)6-7-20(21)22/h2-9,12,19,26H,10-11,13-15H2,1H3,(H,23,24). The molecule has 2 N–H and O–H groups in total. The van der Waals surface area contributed by atoms with Crippen LogP contribution in [0.15, 0.2) is 54.7 Å². The highest BCUT2D eigenvalue weighted by Crippen LogP contribution is 2.25. The van der Waals surface area contributed by atoms with Gasteiger partial charge in [-0.05, 0) is 30.7 Å². The summed E-state index contributed by atoms with van der Waals surface area (Å²) in [5.74, 6) is 0.231. The summed E-state index contributed by atoms with van der Waals surface area (Å²) in [6, 6.07) is 16.0. The molecule has 1 unspecified atom stereocenters. The summed E-state index contributed by atoms with van der Waals surface area (Å²) in [5, 5.41) is 14.1. The molecule has 1 atom stereocenters. The highest BCUT2D eigenvalue weighted by Gasteiger charge is 2.20. The van der Waals surface area contributed by atoms with E-state index in [1.165, 1.54) is 11.1 Å². The Bertz CT molecular complexity index is 911. The lowest BCUT2D eigenvalue weighted by molar-refractivity contribution is -0.0240. The van der Waals surface area contributed by atoms with Gasteiger partial charge >= 0.3 is 0 Å². The number of benzene rings is 2. The summed E-state index contributed by atoms with van der Waals surface area (Å²) in [4.78, 5) is 6.77. The van der Waals surface area contributed by atoms with Crippen molar-refractivity contribution in [2.45, 2.75) is 19.6 Å². The van der Waals surface area contributed by atoms with Crippen molar-refractivity contribution in [2.75, 3.05) is 31.6 Å². The fourth-order valence-electron chi connectivity index (χ4n) is 3.51. The lowest BCUT2D eigenvalue weighted by Gasteiger charge is -2.33. The van der Waals surface area contributed by atoms with Crippen LogP contribution in [0.1, 0.15) is 11.1 Å². The SMILES string of the molecule is Cc1ccc(CN2CCOC(CNc3ccnc4cc(O)ccc34)C2)cc1. The maximum absolute atomic E-state index is 9.63. The topological polar surface area (TPSA) is 57.6 Å². The maximum atomic E-state index is 9.63. The van der Waals surface area contributed by atoms with Crippen molar-refractivity contribution in [2.24, 2.45) is 0 Å². The van der Waals surface area contributed by atoms with Gasteiger partial charge in [0.15, 0.2) is 0 Å². The van der Waals surface area contributed by atoms with E-state index in [1.807, 2.05) is 12.1 Å². The molecule has 0 aliphatic carbocycles. The molecule has 27 heavy (non-hydrogen) atoms. The minimum absolute atomic E-state index is 0.143. The second-order valence-electron chi connectivity index (χ2n) is 7.15. The van der Waals surface area contributed by atoms with Crippen molar-refractivity contribution in [3.05, 3.63) is 65.9 Å². The number of phenolic OH excluding ortho intramolecular Hbond substituents is 1. The molecule has 2 heterocycles. The smallest absolute Gasteiger partial charge is 0.117 e. The largest absolute Gasteiger partial charge is 0.508 e. The molecule has 0 saturated carbocycles. The third-order valence-electron chi connectivity index (χ3n) is 5.00. The van der Waals surface area contributed by atoms with E-state index in [0.29, 0.717) is 0 Å². The first-order chi connectivity index (χ1) is 13.2. The second kappa shape index (κ2) is 7.94. The van der Waals surface area contributed by atoms with Gasteiger partial charge < -0.3 is 15.2 Å². The van der Waals surface area contributed by atoms with Crippen LogP contribution < -0.4 is 5.32 Å². The minimum Gasteiger partial charge on any atom is -0.508 e. The molecule has 140 valence electrons. The number of anilines is 1. The van der Waals surface area contributed by atoms with Gasteiger partial charge in [0.2, 0.25) is 0 Å². The molecule has 5 heteroatoms. The van der Waals surface area contributed by atoms with Gasteiger partial charge in [0.1, 0.15) is 5.75 Å². The molecule has 0 spiro atoms. The van der Waals surface area contributed by atoms with E-state index in [9.17, 15) is 5.11 Å². The molecule has 1 aliphatic rings. The van der Waals surface area contributed by atoms with Gasteiger partial charge in [0.25, 0.3) is 0 Å². The first-order valence-corrected chi connectivity index (χ1v) is 9.38. The number of aromatic hydroxyl groups is 1. The molecule has 0 amide bonds. The van der Waals surface area contributed by atoms with E-state index in [1.54, 1.807) is 18.3 Å². The number of nitrogens with one attached hydrogen (secondary N) is 1. The minimum atomic E-state index is 0.143. The molecule has 4 rings (SSSR count). The Balaban J connectivity index is 1.38. The summed E-state index contributed by atoms with van der Waals surface area (Å²) in [6.45, 7) is 6.43. The monoisotopic (exact) mass is 363 g/mol. The number of pyridine rings is 1. The fraction of sp³-hybridized carbons (Fsp3) is 0.318. The summed E-state index contributed by atoms with van der Waals surface area (Å²) in [6.07, 6.45) is 1.90. The van der Waals surface area contributed by atoms with E-state index in [2.05, 4.69) is 46.4 Å². The van der Waals surface area contributed by atoms with Gasteiger partial charge in [-0.3, -0.25) is 9.88 Å². The van der Waals surface area contributed by atoms with Crippen LogP contribution >= 0.6 is 0 Å². The van der Waals surface area contributed by atoms with Crippen molar-refractivity contribution >= 4 is 16.6 Å². The quantitative estimate of drug-likeness (QED) is 0.726. The molecular weight excluding hydrogens is 338 g/mol. The molecular formula is C22H25N3O2. The van der Waals surface area contributed by atoms with Crippen LogP contribution in [0.25, 0.3) is 10.9 Å². The van der Waals surface area contributed by atoms with Crippen LogP contribution in [-0.4, -0.2) is 47.3 Å². The number of hydrogen-bond acceptors (Lipinski definition) is 5. The Morgan fingerprint density at radius 2 is 2.04 bits per heavy atom. The zero-order valence-electron chi connectivity index (χ0n) is 15.6. The van der Waals surface area contributed by atoms with Crippen molar-refractivity contribution in [3.63, 3.8) is 0 Å². The van der Waals surface area contributed by atoms with Crippen molar-refractivity contribution in [3.8, 4) is 5.75 Å². The van der Waals surface area contributed by atoms with E-state index >= 15 is 0 Å². The zero-order chi connectivity index (χ0) is 18.6. The Morgan fingerprint density at radius 3 is 2.89 bits per heavy atom. The number of morpholine rings is 1. The summed E-state index contributed by atoms with van der Waals surface area (Å²) in [5.41, 5.74) is 4.43. The number of hydrogen-bond donors (Lipinski definition) is 2. The lowest BCUT2D eigenvalue weighted by atomic mass is 10.1. The fourth-order valence-corrected chi connectivity index (χ4v) is 3.51. The average molecular weight is 363 g/mol. The summed E-state index contributed by atoms with van der Waals surface area (Å²) < 4.78 is 5.96. The van der Waals surface area contributed by atoms with Crippen LogP contribution in [0.3, 0.4) is 0 Å². The van der Waals surface area contributed by atoms with E-state index < -0.39 is 0 Å². The molecule has 3 aromatic rings. The summed E-state index contributed by atoms with van der Waals surface area (Å²) >= 11 is 0. The molecule has 0 bridgehead atoms. The predicted molar refractivity (Wildman–Crippen MR) is 108 cm³/mol. The van der Waals surface area contributed by atoms with Crippen LogP contribution in [-0.2, 0) is 11.3 Å². The van der Waals surface area contributed by atoms with E-state index in [4.69, 9.17) is 4.74 Å². The molecule has 1 saturated heterocycles. The van der Waals surface area contributed by atoms with Gasteiger partial charge in [0, 0.05) is 49.5 Å². The Labute approximate surface area is 159 Å². The second-order valence-corrected chi connectivity index (χ2v) is 7.15. The third-order valence-corrected chi connectivity index (χ3v) is 5.00. The molecule has 0 radical (unpaired) electrons. The van der Waals surface area contributed by atoms with Gasteiger partial charge in [-0.25, -0.2) is 0 Å². The number of aromatic nitrogens is 1. The molecule has 1 aromatic heterocycles. The first-order valence-electron chi connectivity index (χ1n) is 9.38. The number of phenols is 1. The first kappa shape index (κ1) is 17.8. The maximum Gasteiger partial charge on any atom is 0.117 e. The van der Waals surface area contributed by atoms with Crippen molar-refractivity contribution in [1.82, 2.24) is 9.88 Å². The van der Waals surface area contributed by atoms with Crippen molar-refractivity contribution in [1.29, 1.82) is 0 Å². The van der Waals surface area contributed by atoms with Crippen LogP contribution in [0.5, 0.6) is 5.75 Å². The zero-order valence-corrected chi connectivity index (χ0v) is 15.6. The van der Waals surface area contributed by atoms with Gasteiger partial charge in [-0.15, -0.1) is 0 Å². The third kappa shape index (κ3) is 4.38. The number of aryl methyl sites for hydroxylation is 1. The van der Waals surface area contributed by atoms with Crippen LogP contribution in [0.4, 0.5) is 5.69 Å². The average Bonchev–Trinajstić information content (AvgIpc) is 2.68. The Kier molecular flexibility index (Phi) is 5.23. The number of fused-ring (bicyclic) bond motifs is 1. The van der Waals surface area contributed by atoms with Crippen molar-refractivity contribution < 1.29 is 9.84 Å². The lowest BCUT2D eigenvalue weighted by Crippen LogP contribution is -2.44. The number of rotatable bonds is 5. The van der Waals surface area contributed by atoms with Gasteiger partial charge in [0.05, 0.1) is 18.2 Å². The Morgan fingerprint density at radius 1 is 1.19 bits per heavy atom.